The number of benzene rings is 1. The molecule has 1 aromatic carbocycles. The highest BCUT2D eigenvalue weighted by Crippen LogP contribution is 2.32. The quantitative estimate of drug-likeness (QED) is 0.889. The lowest BCUT2D eigenvalue weighted by molar-refractivity contribution is 0.180. The molecule has 0 bridgehead atoms. The average Bonchev–Trinajstić information content (AvgIpc) is 2.25. The molecule has 0 heterocycles. The van der Waals surface area contributed by atoms with Gasteiger partial charge in [-0.1, -0.05) is 26.8 Å². The van der Waals surface area contributed by atoms with Crippen molar-refractivity contribution >= 4 is 0 Å². The van der Waals surface area contributed by atoms with E-state index in [1.807, 2.05) is 12.1 Å². The van der Waals surface area contributed by atoms with Gasteiger partial charge in [-0.2, -0.15) is 0 Å². The molecule has 0 aliphatic heterocycles. The highest BCUT2D eigenvalue weighted by Gasteiger charge is 2.20. The van der Waals surface area contributed by atoms with Gasteiger partial charge in [0.25, 0.3) is 0 Å². The van der Waals surface area contributed by atoms with Crippen LogP contribution in [-0.2, 0) is 0 Å². The Kier molecular flexibility index (Phi) is 4.63. The largest absolute Gasteiger partial charge is 0.507 e. The van der Waals surface area contributed by atoms with Gasteiger partial charge < -0.3 is 9.84 Å². The molecule has 1 atom stereocenters. The van der Waals surface area contributed by atoms with Crippen molar-refractivity contribution in [2.45, 2.75) is 33.7 Å². The summed E-state index contributed by atoms with van der Waals surface area (Å²) in [5.74, 6) is 0.976. The molecule has 0 saturated heterocycles. The topological polar surface area (TPSA) is 32.7 Å². The molecule has 1 aromatic rings. The first-order chi connectivity index (χ1) is 8.24. The van der Waals surface area contributed by atoms with Gasteiger partial charge in [-0.05, 0) is 25.5 Å². The molecule has 0 spiro atoms. The number of ether oxygens (including phenoxy) is 1. The van der Waals surface area contributed by atoms with Crippen molar-refractivity contribution < 1.29 is 9.84 Å². The zero-order valence-electron chi connectivity index (χ0n) is 12.3. The first kappa shape index (κ1) is 14.8. The molecule has 0 saturated carbocycles. The monoisotopic (exact) mass is 251 g/mol. The van der Waals surface area contributed by atoms with Gasteiger partial charge in [0.15, 0.2) is 0 Å². The molecule has 3 heteroatoms. The molecule has 0 fully saturated rings. The van der Waals surface area contributed by atoms with E-state index in [0.717, 1.165) is 12.1 Å². The lowest BCUT2D eigenvalue weighted by Crippen LogP contribution is -2.31. The highest BCUT2D eigenvalue weighted by molar-refractivity contribution is 5.41. The van der Waals surface area contributed by atoms with Gasteiger partial charge in [-0.15, -0.1) is 0 Å². The van der Waals surface area contributed by atoms with E-state index in [4.69, 9.17) is 4.74 Å². The Bertz CT molecular complexity index is 396. The Morgan fingerprint density at radius 3 is 2.39 bits per heavy atom. The van der Waals surface area contributed by atoms with E-state index >= 15 is 0 Å². The summed E-state index contributed by atoms with van der Waals surface area (Å²) in [7, 11) is 3.68. The zero-order chi connectivity index (χ0) is 13.9. The van der Waals surface area contributed by atoms with Crippen molar-refractivity contribution in [2.75, 3.05) is 20.7 Å². The second kappa shape index (κ2) is 5.61. The van der Waals surface area contributed by atoms with Crippen LogP contribution in [0.15, 0.2) is 18.2 Å². The van der Waals surface area contributed by atoms with Crippen LogP contribution < -0.4 is 4.74 Å². The summed E-state index contributed by atoms with van der Waals surface area (Å²) < 4.78 is 5.10. The van der Waals surface area contributed by atoms with Crippen molar-refractivity contribution in [2.24, 2.45) is 5.41 Å². The Morgan fingerprint density at radius 2 is 1.94 bits per heavy atom. The standard InChI is InChI=1S/C15H25NO2/c1-11(16(5)10-15(2,3)4)13-8-7-12(18-6)9-14(13)17/h7-9,11,17H,10H2,1-6H3. The zero-order valence-corrected chi connectivity index (χ0v) is 12.3. The first-order valence-electron chi connectivity index (χ1n) is 6.32. The maximum absolute atomic E-state index is 10.0. The van der Waals surface area contributed by atoms with Gasteiger partial charge in [0.2, 0.25) is 0 Å². The van der Waals surface area contributed by atoms with Crippen molar-refractivity contribution in [1.29, 1.82) is 0 Å². The van der Waals surface area contributed by atoms with Crippen molar-refractivity contribution in [1.82, 2.24) is 4.90 Å². The Morgan fingerprint density at radius 1 is 1.33 bits per heavy atom. The third-order valence-electron chi connectivity index (χ3n) is 3.07. The third-order valence-corrected chi connectivity index (χ3v) is 3.07. The first-order valence-corrected chi connectivity index (χ1v) is 6.32. The molecule has 1 N–H and O–H groups in total. The molecule has 102 valence electrons. The minimum atomic E-state index is 0.176. The van der Waals surface area contributed by atoms with Crippen LogP contribution in [-0.4, -0.2) is 30.7 Å². The molecule has 0 aliphatic carbocycles. The number of hydrogen-bond acceptors (Lipinski definition) is 3. The van der Waals surface area contributed by atoms with Gasteiger partial charge in [0.1, 0.15) is 11.5 Å². The molecule has 1 unspecified atom stereocenters. The summed E-state index contributed by atoms with van der Waals surface area (Å²) in [4.78, 5) is 2.25. The number of aromatic hydroxyl groups is 1. The van der Waals surface area contributed by atoms with Gasteiger partial charge in [0.05, 0.1) is 7.11 Å². The molecule has 18 heavy (non-hydrogen) atoms. The van der Waals surface area contributed by atoms with Crippen LogP contribution >= 0.6 is 0 Å². The van der Waals surface area contributed by atoms with E-state index in [2.05, 4.69) is 39.6 Å². The molecule has 3 nitrogen and oxygen atoms in total. The van der Waals surface area contributed by atoms with Crippen LogP contribution in [0, 0.1) is 5.41 Å². The molecular formula is C15H25NO2. The van der Waals surface area contributed by atoms with Crippen molar-refractivity contribution in [3.63, 3.8) is 0 Å². The maximum Gasteiger partial charge on any atom is 0.124 e. The van der Waals surface area contributed by atoms with E-state index in [9.17, 15) is 5.11 Å². The van der Waals surface area contributed by atoms with Crippen molar-refractivity contribution in [3.8, 4) is 11.5 Å². The molecule has 0 amide bonds. The average molecular weight is 251 g/mol. The maximum atomic E-state index is 10.0. The summed E-state index contributed by atoms with van der Waals surface area (Å²) in [6.45, 7) is 9.71. The van der Waals surface area contributed by atoms with Crippen LogP contribution in [0.5, 0.6) is 11.5 Å². The van der Waals surface area contributed by atoms with Gasteiger partial charge in [-0.25, -0.2) is 0 Å². The van der Waals surface area contributed by atoms with Crippen LogP contribution in [0.25, 0.3) is 0 Å². The molecule has 1 rings (SSSR count). The molecular weight excluding hydrogens is 226 g/mol. The predicted octanol–water partition coefficient (Wildman–Crippen LogP) is 3.44. The van der Waals surface area contributed by atoms with E-state index in [-0.39, 0.29) is 11.5 Å². The summed E-state index contributed by atoms with van der Waals surface area (Å²) >= 11 is 0. The summed E-state index contributed by atoms with van der Waals surface area (Å²) in [5, 5.41) is 10.0. The van der Waals surface area contributed by atoms with Crippen LogP contribution in [0.3, 0.4) is 0 Å². The van der Waals surface area contributed by atoms with E-state index < -0.39 is 0 Å². The second-order valence-electron chi connectivity index (χ2n) is 6.08. The minimum absolute atomic E-state index is 0.176. The summed E-state index contributed by atoms with van der Waals surface area (Å²) in [6.07, 6.45) is 0. The Balaban J connectivity index is 2.86. The van der Waals surface area contributed by atoms with Gasteiger partial charge >= 0.3 is 0 Å². The normalized spacial score (nSPS) is 13.7. The van der Waals surface area contributed by atoms with Gasteiger partial charge in [-0.3, -0.25) is 4.90 Å². The molecule has 0 aliphatic rings. The number of nitrogens with zero attached hydrogens (tertiary/aromatic N) is 1. The van der Waals surface area contributed by atoms with Gasteiger partial charge in [0, 0.05) is 24.2 Å². The van der Waals surface area contributed by atoms with E-state index in [1.165, 1.54) is 0 Å². The third kappa shape index (κ3) is 3.91. The van der Waals surface area contributed by atoms with Crippen molar-refractivity contribution in [3.05, 3.63) is 23.8 Å². The predicted molar refractivity (Wildman–Crippen MR) is 75.2 cm³/mol. The molecule has 0 radical (unpaired) electrons. The Labute approximate surface area is 110 Å². The highest BCUT2D eigenvalue weighted by atomic mass is 16.5. The lowest BCUT2D eigenvalue weighted by atomic mass is 9.94. The van der Waals surface area contributed by atoms with Crippen LogP contribution in [0.4, 0.5) is 0 Å². The smallest absolute Gasteiger partial charge is 0.124 e. The number of rotatable bonds is 4. The number of hydrogen-bond donors (Lipinski definition) is 1. The molecule has 0 aromatic heterocycles. The number of phenols is 1. The van der Waals surface area contributed by atoms with E-state index in [0.29, 0.717) is 11.5 Å². The van der Waals surface area contributed by atoms with Crippen LogP contribution in [0.2, 0.25) is 0 Å². The summed E-state index contributed by atoms with van der Waals surface area (Å²) in [6, 6.07) is 5.65. The summed E-state index contributed by atoms with van der Waals surface area (Å²) in [5.41, 5.74) is 1.17. The number of methoxy groups -OCH3 is 1. The second-order valence-corrected chi connectivity index (χ2v) is 6.08. The van der Waals surface area contributed by atoms with Crippen LogP contribution in [0.1, 0.15) is 39.3 Å². The Hall–Kier alpha value is -1.22. The SMILES string of the molecule is COc1ccc(C(C)N(C)CC(C)(C)C)c(O)c1. The fraction of sp³-hybridized carbons (Fsp3) is 0.600. The lowest BCUT2D eigenvalue weighted by Gasteiger charge is -2.31. The fourth-order valence-electron chi connectivity index (χ4n) is 2.13. The fourth-order valence-corrected chi connectivity index (χ4v) is 2.13. The number of phenolic OH excluding ortho intramolecular Hbond substituents is 1. The van der Waals surface area contributed by atoms with E-state index in [1.54, 1.807) is 13.2 Å². The minimum Gasteiger partial charge on any atom is -0.507 e.